The van der Waals surface area contributed by atoms with Crippen LogP contribution in [0.15, 0.2) is 97.1 Å². The van der Waals surface area contributed by atoms with Gasteiger partial charge in [-0.3, -0.25) is 9.59 Å². The minimum absolute atomic E-state index is 0.0904. The average Bonchev–Trinajstić information content (AvgIpc) is 3.01. The SMILES string of the molecule is O=C(COc1ccc(C(=O)Oc2ccc(CO)cc2)cc1)NCCC(=O)N1Cc2ccccc2/C=C\c2ccccc21. The van der Waals surface area contributed by atoms with E-state index >= 15 is 0 Å². The highest BCUT2D eigenvalue weighted by Crippen LogP contribution is 2.29. The molecule has 42 heavy (non-hydrogen) atoms. The molecule has 0 saturated heterocycles. The van der Waals surface area contributed by atoms with Crippen molar-refractivity contribution in [3.05, 3.63) is 125 Å². The fourth-order valence-corrected chi connectivity index (χ4v) is 4.53. The number of carbonyl (C=O) groups excluding carboxylic acids is 3. The second kappa shape index (κ2) is 13.4. The third kappa shape index (κ3) is 7.10. The maximum Gasteiger partial charge on any atom is 0.343 e. The number of amides is 2. The molecule has 0 unspecified atom stereocenters. The van der Waals surface area contributed by atoms with Gasteiger partial charge in [0.25, 0.3) is 5.91 Å². The van der Waals surface area contributed by atoms with Crippen molar-refractivity contribution in [1.29, 1.82) is 0 Å². The van der Waals surface area contributed by atoms with Gasteiger partial charge in [0.1, 0.15) is 11.5 Å². The number of benzene rings is 4. The third-order valence-electron chi connectivity index (χ3n) is 6.79. The first-order valence-corrected chi connectivity index (χ1v) is 13.6. The first-order chi connectivity index (χ1) is 20.5. The summed E-state index contributed by atoms with van der Waals surface area (Å²) in [5.41, 5.74) is 4.93. The molecule has 1 aliphatic rings. The fraction of sp³-hybridized carbons (Fsp3) is 0.147. The van der Waals surface area contributed by atoms with E-state index in [0.29, 0.717) is 29.2 Å². The number of hydrogen-bond donors (Lipinski definition) is 2. The maximum atomic E-state index is 13.3. The van der Waals surface area contributed by atoms with E-state index in [1.807, 2.05) is 54.6 Å². The van der Waals surface area contributed by atoms with Crippen LogP contribution in [0.1, 0.15) is 39.0 Å². The van der Waals surface area contributed by atoms with Crippen LogP contribution >= 0.6 is 0 Å². The van der Waals surface area contributed by atoms with E-state index in [-0.39, 0.29) is 38.0 Å². The number of ether oxygens (including phenoxy) is 2. The zero-order valence-electron chi connectivity index (χ0n) is 22.9. The van der Waals surface area contributed by atoms with Crippen LogP contribution in [0.25, 0.3) is 12.2 Å². The molecule has 1 aliphatic heterocycles. The van der Waals surface area contributed by atoms with E-state index in [1.165, 1.54) is 0 Å². The predicted molar refractivity (Wildman–Crippen MR) is 160 cm³/mol. The maximum absolute atomic E-state index is 13.3. The molecule has 0 spiro atoms. The fourth-order valence-electron chi connectivity index (χ4n) is 4.53. The molecule has 4 aromatic rings. The Morgan fingerprint density at radius 2 is 1.45 bits per heavy atom. The summed E-state index contributed by atoms with van der Waals surface area (Å²) in [6, 6.07) is 28.5. The molecular formula is C34H30N2O6. The van der Waals surface area contributed by atoms with Gasteiger partial charge in [0.05, 0.1) is 24.4 Å². The number of fused-ring (bicyclic) bond motifs is 2. The lowest BCUT2D eigenvalue weighted by Crippen LogP contribution is -2.36. The van der Waals surface area contributed by atoms with Gasteiger partial charge in [0, 0.05) is 13.0 Å². The van der Waals surface area contributed by atoms with Crippen molar-refractivity contribution in [2.45, 2.75) is 19.6 Å². The Kier molecular flexibility index (Phi) is 9.06. The molecular weight excluding hydrogens is 532 g/mol. The molecule has 0 aromatic heterocycles. The molecule has 2 N–H and O–H groups in total. The Morgan fingerprint density at radius 1 is 0.786 bits per heavy atom. The minimum atomic E-state index is -0.539. The topological polar surface area (TPSA) is 105 Å². The van der Waals surface area contributed by atoms with E-state index < -0.39 is 5.97 Å². The summed E-state index contributed by atoms with van der Waals surface area (Å²) >= 11 is 0. The number of nitrogens with zero attached hydrogens (tertiary/aromatic N) is 1. The molecule has 0 atom stereocenters. The molecule has 0 radical (unpaired) electrons. The lowest BCUT2D eigenvalue weighted by Gasteiger charge is -2.27. The van der Waals surface area contributed by atoms with Crippen LogP contribution in [-0.2, 0) is 22.7 Å². The van der Waals surface area contributed by atoms with Crippen LogP contribution in [0.4, 0.5) is 5.69 Å². The smallest absolute Gasteiger partial charge is 0.343 e. The molecule has 212 valence electrons. The van der Waals surface area contributed by atoms with Crippen molar-refractivity contribution in [1.82, 2.24) is 5.32 Å². The van der Waals surface area contributed by atoms with Crippen molar-refractivity contribution in [2.24, 2.45) is 0 Å². The van der Waals surface area contributed by atoms with Crippen molar-refractivity contribution >= 4 is 35.6 Å². The quantitative estimate of drug-likeness (QED) is 0.220. The summed E-state index contributed by atoms with van der Waals surface area (Å²) in [7, 11) is 0. The summed E-state index contributed by atoms with van der Waals surface area (Å²) in [5.74, 6) is -0.221. The van der Waals surface area contributed by atoms with Crippen molar-refractivity contribution in [3.8, 4) is 11.5 Å². The lowest BCUT2D eigenvalue weighted by atomic mass is 10.0. The van der Waals surface area contributed by atoms with Gasteiger partial charge in [-0.2, -0.15) is 0 Å². The summed E-state index contributed by atoms with van der Waals surface area (Å²) in [6.07, 6.45) is 4.21. The van der Waals surface area contributed by atoms with Gasteiger partial charge in [-0.25, -0.2) is 4.79 Å². The highest BCUT2D eigenvalue weighted by molar-refractivity contribution is 5.97. The normalized spacial score (nSPS) is 12.6. The van der Waals surface area contributed by atoms with Gasteiger partial charge in [0.2, 0.25) is 5.91 Å². The Balaban J connectivity index is 1.10. The van der Waals surface area contributed by atoms with E-state index in [4.69, 9.17) is 14.6 Å². The third-order valence-corrected chi connectivity index (χ3v) is 6.79. The molecule has 8 heteroatoms. The van der Waals surface area contributed by atoms with E-state index in [1.54, 1.807) is 53.4 Å². The number of aliphatic hydroxyl groups is 1. The highest BCUT2D eigenvalue weighted by Gasteiger charge is 2.21. The van der Waals surface area contributed by atoms with Crippen LogP contribution in [0.3, 0.4) is 0 Å². The molecule has 0 aliphatic carbocycles. The number of nitrogens with one attached hydrogen (secondary N) is 1. The molecule has 8 nitrogen and oxygen atoms in total. The Bertz CT molecular complexity index is 1600. The highest BCUT2D eigenvalue weighted by atomic mass is 16.5. The van der Waals surface area contributed by atoms with Gasteiger partial charge >= 0.3 is 5.97 Å². The first kappa shape index (κ1) is 28.3. The van der Waals surface area contributed by atoms with Crippen molar-refractivity contribution < 1.29 is 29.0 Å². The van der Waals surface area contributed by atoms with Gasteiger partial charge in [-0.1, -0.05) is 66.7 Å². The van der Waals surface area contributed by atoms with Crippen LogP contribution in [-0.4, -0.2) is 36.0 Å². The Morgan fingerprint density at radius 3 is 2.21 bits per heavy atom. The van der Waals surface area contributed by atoms with Gasteiger partial charge in [0.15, 0.2) is 6.61 Å². The molecule has 1 heterocycles. The zero-order valence-corrected chi connectivity index (χ0v) is 22.9. The lowest BCUT2D eigenvalue weighted by molar-refractivity contribution is -0.123. The van der Waals surface area contributed by atoms with E-state index in [0.717, 1.165) is 22.4 Å². The van der Waals surface area contributed by atoms with E-state index in [2.05, 4.69) is 11.4 Å². The van der Waals surface area contributed by atoms with E-state index in [9.17, 15) is 14.4 Å². The number of rotatable bonds is 9. The number of para-hydroxylation sites is 1. The minimum Gasteiger partial charge on any atom is -0.484 e. The molecule has 0 saturated carbocycles. The van der Waals surface area contributed by atoms with Crippen LogP contribution < -0.4 is 19.7 Å². The number of esters is 1. The molecule has 5 rings (SSSR count). The van der Waals surface area contributed by atoms with Gasteiger partial charge < -0.3 is 24.8 Å². The van der Waals surface area contributed by atoms with Gasteiger partial charge in [-0.05, 0) is 64.7 Å². The number of aliphatic hydroxyl groups excluding tert-OH is 1. The monoisotopic (exact) mass is 562 g/mol. The van der Waals surface area contributed by atoms with Gasteiger partial charge in [-0.15, -0.1) is 0 Å². The summed E-state index contributed by atoms with van der Waals surface area (Å²) in [5, 5.41) is 11.9. The molecule has 2 amide bonds. The number of hydrogen-bond acceptors (Lipinski definition) is 6. The largest absolute Gasteiger partial charge is 0.484 e. The predicted octanol–water partition coefficient (Wildman–Crippen LogP) is 5.00. The zero-order chi connectivity index (χ0) is 29.3. The second-order valence-corrected chi connectivity index (χ2v) is 9.68. The first-order valence-electron chi connectivity index (χ1n) is 13.6. The van der Waals surface area contributed by atoms with Crippen LogP contribution in [0.5, 0.6) is 11.5 Å². The average molecular weight is 563 g/mol. The standard InChI is InChI=1S/C34H30N2O6/c37-22-24-9-15-30(16-10-24)42-34(40)27-13-17-29(18-14-27)41-23-32(38)35-20-19-33(39)36-21-28-7-2-1-5-25(28)11-12-26-6-3-4-8-31(26)36/h1-18,37H,19-23H2,(H,35,38)/b12-11-. The van der Waals surface area contributed by atoms with Crippen LogP contribution in [0.2, 0.25) is 0 Å². The Labute approximate surface area is 243 Å². The Hall–Kier alpha value is -5.21. The molecule has 0 bridgehead atoms. The summed E-state index contributed by atoms with van der Waals surface area (Å²) in [6.45, 7) is 0.279. The molecule has 4 aromatic carbocycles. The number of anilines is 1. The van der Waals surface area contributed by atoms with Crippen LogP contribution in [0, 0.1) is 0 Å². The summed E-state index contributed by atoms with van der Waals surface area (Å²) < 4.78 is 10.9. The second-order valence-electron chi connectivity index (χ2n) is 9.68. The molecule has 0 fully saturated rings. The number of carbonyl (C=O) groups is 3. The van der Waals surface area contributed by atoms with Crippen molar-refractivity contribution in [3.63, 3.8) is 0 Å². The van der Waals surface area contributed by atoms with Crippen molar-refractivity contribution in [2.75, 3.05) is 18.1 Å². The summed E-state index contributed by atoms with van der Waals surface area (Å²) in [4.78, 5) is 39.8.